The number of aromatic carboxylic acids is 1. The standard InChI is InChI=1S/C22H22N2O2S/c25-21(26)18-10-12-19(13-11-18)23-22-24-20(14-27-22)17-8-6-16(7-9-17)15-4-2-1-3-5-15/h6-15H,1-5H2,(H,23,24)(H,25,26)/p-1. The van der Waals surface area contributed by atoms with E-state index in [2.05, 4.69) is 34.6 Å². The second-order valence-electron chi connectivity index (χ2n) is 6.98. The van der Waals surface area contributed by atoms with Gasteiger partial charge in [0.2, 0.25) is 0 Å². The molecule has 0 saturated heterocycles. The van der Waals surface area contributed by atoms with E-state index in [1.54, 1.807) is 12.1 Å². The molecule has 0 amide bonds. The molecule has 0 aliphatic heterocycles. The van der Waals surface area contributed by atoms with Crippen LogP contribution in [0.4, 0.5) is 10.8 Å². The first-order valence-electron chi connectivity index (χ1n) is 9.33. The monoisotopic (exact) mass is 377 g/mol. The van der Waals surface area contributed by atoms with Gasteiger partial charge in [0.15, 0.2) is 5.13 Å². The molecule has 1 fully saturated rings. The van der Waals surface area contributed by atoms with Gasteiger partial charge < -0.3 is 15.2 Å². The summed E-state index contributed by atoms with van der Waals surface area (Å²) in [6, 6.07) is 15.3. The molecule has 1 saturated carbocycles. The molecular weight excluding hydrogens is 356 g/mol. The van der Waals surface area contributed by atoms with Gasteiger partial charge in [0, 0.05) is 16.6 Å². The number of nitrogens with zero attached hydrogens (tertiary/aromatic N) is 1. The van der Waals surface area contributed by atoms with Crippen molar-refractivity contribution >= 4 is 28.1 Å². The van der Waals surface area contributed by atoms with Crippen molar-refractivity contribution in [3.05, 3.63) is 65.0 Å². The Morgan fingerprint density at radius 2 is 1.70 bits per heavy atom. The number of carboxylic acid groups (broad SMARTS) is 1. The van der Waals surface area contributed by atoms with Gasteiger partial charge in [-0.25, -0.2) is 4.98 Å². The van der Waals surface area contributed by atoms with E-state index in [-0.39, 0.29) is 5.56 Å². The Bertz CT molecular complexity index is 910. The molecule has 1 N–H and O–H groups in total. The molecule has 1 aliphatic rings. The minimum atomic E-state index is -1.17. The lowest BCUT2D eigenvalue weighted by molar-refractivity contribution is -0.255. The number of nitrogens with one attached hydrogen (secondary N) is 1. The Morgan fingerprint density at radius 3 is 2.37 bits per heavy atom. The van der Waals surface area contributed by atoms with Crippen LogP contribution in [0.3, 0.4) is 0 Å². The Hall–Kier alpha value is -2.66. The van der Waals surface area contributed by atoms with E-state index in [1.807, 2.05) is 5.38 Å². The van der Waals surface area contributed by atoms with Crippen LogP contribution in [0.25, 0.3) is 11.3 Å². The molecule has 5 heteroatoms. The van der Waals surface area contributed by atoms with Crippen molar-refractivity contribution in [3.8, 4) is 11.3 Å². The Labute approximate surface area is 162 Å². The van der Waals surface area contributed by atoms with Crippen molar-refractivity contribution < 1.29 is 9.90 Å². The highest BCUT2D eigenvalue weighted by atomic mass is 32.1. The molecule has 27 heavy (non-hydrogen) atoms. The van der Waals surface area contributed by atoms with Gasteiger partial charge >= 0.3 is 0 Å². The number of hydrogen-bond donors (Lipinski definition) is 1. The molecule has 0 spiro atoms. The van der Waals surface area contributed by atoms with E-state index < -0.39 is 5.97 Å². The van der Waals surface area contributed by atoms with Crippen LogP contribution < -0.4 is 10.4 Å². The van der Waals surface area contributed by atoms with E-state index >= 15 is 0 Å². The molecule has 3 aromatic rings. The predicted octanol–water partition coefficient (Wildman–Crippen LogP) is 4.96. The van der Waals surface area contributed by atoms with Gasteiger partial charge in [-0.1, -0.05) is 55.7 Å². The van der Waals surface area contributed by atoms with Gasteiger partial charge in [-0.15, -0.1) is 11.3 Å². The third-order valence-corrected chi connectivity index (χ3v) is 5.92. The van der Waals surface area contributed by atoms with Crippen molar-refractivity contribution in [2.45, 2.75) is 38.0 Å². The number of anilines is 2. The Balaban J connectivity index is 1.44. The molecule has 1 heterocycles. The summed E-state index contributed by atoms with van der Waals surface area (Å²) in [6.07, 6.45) is 6.68. The summed E-state index contributed by atoms with van der Waals surface area (Å²) in [4.78, 5) is 15.5. The lowest BCUT2D eigenvalue weighted by atomic mass is 9.84. The zero-order chi connectivity index (χ0) is 18.6. The maximum absolute atomic E-state index is 10.8. The lowest BCUT2D eigenvalue weighted by Gasteiger charge is -2.22. The van der Waals surface area contributed by atoms with Crippen molar-refractivity contribution in [3.63, 3.8) is 0 Å². The van der Waals surface area contributed by atoms with Crippen molar-refractivity contribution in [1.29, 1.82) is 0 Å². The van der Waals surface area contributed by atoms with Crippen LogP contribution in [0.5, 0.6) is 0 Å². The Morgan fingerprint density at radius 1 is 1.00 bits per heavy atom. The number of carboxylic acids is 1. The van der Waals surface area contributed by atoms with E-state index in [0.29, 0.717) is 5.92 Å². The molecule has 0 atom stereocenters. The number of benzene rings is 2. The summed E-state index contributed by atoms with van der Waals surface area (Å²) in [5.74, 6) is -0.459. The maximum Gasteiger partial charge on any atom is 0.187 e. The average molecular weight is 377 g/mol. The van der Waals surface area contributed by atoms with Crippen LogP contribution in [-0.4, -0.2) is 11.0 Å². The van der Waals surface area contributed by atoms with Crippen LogP contribution in [0.1, 0.15) is 53.9 Å². The predicted molar refractivity (Wildman–Crippen MR) is 107 cm³/mol. The normalized spacial score (nSPS) is 14.8. The molecule has 4 rings (SSSR count). The van der Waals surface area contributed by atoms with Gasteiger partial charge in [-0.05, 0) is 42.0 Å². The minimum absolute atomic E-state index is 0.165. The summed E-state index contributed by atoms with van der Waals surface area (Å²) in [5.41, 5.74) is 4.47. The first kappa shape index (κ1) is 17.7. The molecule has 0 bridgehead atoms. The summed E-state index contributed by atoms with van der Waals surface area (Å²) >= 11 is 1.53. The highest BCUT2D eigenvalue weighted by Crippen LogP contribution is 2.34. The molecule has 4 nitrogen and oxygen atoms in total. The number of aromatic nitrogens is 1. The quantitative estimate of drug-likeness (QED) is 0.682. The van der Waals surface area contributed by atoms with E-state index in [4.69, 9.17) is 0 Å². The third kappa shape index (κ3) is 4.19. The fourth-order valence-electron chi connectivity index (χ4n) is 3.64. The van der Waals surface area contributed by atoms with Gasteiger partial charge in [0.05, 0.1) is 11.7 Å². The SMILES string of the molecule is O=C([O-])c1ccc(Nc2nc(-c3ccc(C4CCCCC4)cc3)cs2)cc1. The lowest BCUT2D eigenvalue weighted by Crippen LogP contribution is -2.21. The summed E-state index contributed by atoms with van der Waals surface area (Å²) in [7, 11) is 0. The molecule has 0 unspecified atom stereocenters. The smallest absolute Gasteiger partial charge is 0.187 e. The average Bonchev–Trinajstić information content (AvgIpc) is 3.18. The molecule has 2 aromatic carbocycles. The zero-order valence-electron chi connectivity index (χ0n) is 15.0. The van der Waals surface area contributed by atoms with Gasteiger partial charge in [-0.3, -0.25) is 0 Å². The van der Waals surface area contributed by atoms with Crippen LogP contribution in [0, 0.1) is 0 Å². The third-order valence-electron chi connectivity index (χ3n) is 5.16. The van der Waals surface area contributed by atoms with Crippen LogP contribution in [0.15, 0.2) is 53.9 Å². The van der Waals surface area contributed by atoms with Crippen LogP contribution in [-0.2, 0) is 0 Å². The number of carbonyl (C=O) groups is 1. The Kier molecular flexibility index (Phi) is 5.21. The zero-order valence-corrected chi connectivity index (χ0v) is 15.8. The molecule has 1 aliphatic carbocycles. The highest BCUT2D eigenvalue weighted by molar-refractivity contribution is 7.14. The summed E-state index contributed by atoms with van der Waals surface area (Å²) in [5, 5.41) is 16.8. The van der Waals surface area contributed by atoms with Crippen LogP contribution >= 0.6 is 11.3 Å². The van der Waals surface area contributed by atoms with E-state index in [1.165, 1.54) is 61.1 Å². The number of rotatable bonds is 5. The fraction of sp³-hybridized carbons (Fsp3) is 0.273. The number of carbonyl (C=O) groups excluding carboxylic acids is 1. The molecule has 1 aromatic heterocycles. The van der Waals surface area contributed by atoms with E-state index in [9.17, 15) is 9.90 Å². The van der Waals surface area contributed by atoms with Crippen molar-refractivity contribution in [2.75, 3.05) is 5.32 Å². The fourth-order valence-corrected chi connectivity index (χ4v) is 4.38. The second-order valence-corrected chi connectivity index (χ2v) is 7.84. The molecule has 0 radical (unpaired) electrons. The summed E-state index contributed by atoms with van der Waals surface area (Å²) < 4.78 is 0. The van der Waals surface area contributed by atoms with Crippen molar-refractivity contribution in [1.82, 2.24) is 4.98 Å². The van der Waals surface area contributed by atoms with Gasteiger partial charge in [0.25, 0.3) is 0 Å². The van der Waals surface area contributed by atoms with Gasteiger partial charge in [-0.2, -0.15) is 0 Å². The number of hydrogen-bond acceptors (Lipinski definition) is 5. The topological polar surface area (TPSA) is 65.0 Å². The van der Waals surface area contributed by atoms with Crippen LogP contribution in [0.2, 0.25) is 0 Å². The largest absolute Gasteiger partial charge is 0.545 e. The van der Waals surface area contributed by atoms with E-state index in [0.717, 1.165) is 22.1 Å². The highest BCUT2D eigenvalue weighted by Gasteiger charge is 2.15. The molecular formula is C22H21N2O2S-. The summed E-state index contributed by atoms with van der Waals surface area (Å²) in [6.45, 7) is 0. The van der Waals surface area contributed by atoms with Gasteiger partial charge in [0.1, 0.15) is 0 Å². The second kappa shape index (κ2) is 7.92. The maximum atomic E-state index is 10.8. The number of thiazole rings is 1. The minimum Gasteiger partial charge on any atom is -0.545 e. The molecule has 138 valence electrons. The first-order chi connectivity index (χ1) is 13.2. The first-order valence-corrected chi connectivity index (χ1v) is 10.2. The van der Waals surface area contributed by atoms with Crippen molar-refractivity contribution in [2.24, 2.45) is 0 Å².